The SMILES string of the molecule is CCNC(=NCc1ccc(NC(=O)OC)cc1)Nc1ccc(OCC)c(OC)c1.I. The van der Waals surface area contributed by atoms with E-state index < -0.39 is 6.09 Å². The predicted molar refractivity (Wildman–Crippen MR) is 130 cm³/mol. The summed E-state index contributed by atoms with van der Waals surface area (Å²) in [6.07, 6.45) is -0.500. The molecular formula is C21H29IN4O4. The van der Waals surface area contributed by atoms with Crippen LogP contribution >= 0.6 is 24.0 Å². The molecule has 30 heavy (non-hydrogen) atoms. The van der Waals surface area contributed by atoms with Gasteiger partial charge in [-0.25, -0.2) is 9.79 Å². The van der Waals surface area contributed by atoms with E-state index in [4.69, 9.17) is 9.47 Å². The maximum absolute atomic E-state index is 11.2. The number of hydrogen-bond acceptors (Lipinski definition) is 5. The van der Waals surface area contributed by atoms with Crippen LogP contribution in [0.4, 0.5) is 16.2 Å². The molecule has 1 amide bonds. The monoisotopic (exact) mass is 528 g/mol. The molecule has 8 nitrogen and oxygen atoms in total. The lowest BCUT2D eigenvalue weighted by Crippen LogP contribution is -2.30. The third-order valence-corrected chi connectivity index (χ3v) is 3.88. The van der Waals surface area contributed by atoms with Crippen molar-refractivity contribution >= 4 is 47.4 Å². The zero-order chi connectivity index (χ0) is 21.1. The molecule has 0 atom stereocenters. The lowest BCUT2D eigenvalue weighted by atomic mass is 10.2. The van der Waals surface area contributed by atoms with E-state index in [9.17, 15) is 4.79 Å². The average molecular weight is 528 g/mol. The predicted octanol–water partition coefficient (Wildman–Crippen LogP) is 4.47. The Morgan fingerprint density at radius 3 is 2.27 bits per heavy atom. The molecule has 0 aromatic heterocycles. The molecule has 0 bridgehead atoms. The number of methoxy groups -OCH3 is 2. The maximum atomic E-state index is 11.2. The number of nitrogens with zero attached hydrogens (tertiary/aromatic N) is 1. The molecule has 0 spiro atoms. The maximum Gasteiger partial charge on any atom is 0.411 e. The number of carbonyl (C=O) groups excluding carboxylic acids is 1. The number of nitrogens with one attached hydrogen (secondary N) is 3. The van der Waals surface area contributed by atoms with Crippen molar-refractivity contribution in [1.82, 2.24) is 5.32 Å². The Hall–Kier alpha value is -2.69. The number of halogens is 1. The molecule has 0 aliphatic carbocycles. The molecule has 0 unspecified atom stereocenters. The summed E-state index contributed by atoms with van der Waals surface area (Å²) in [4.78, 5) is 15.9. The van der Waals surface area contributed by atoms with Gasteiger partial charge in [-0.3, -0.25) is 5.32 Å². The van der Waals surface area contributed by atoms with Crippen LogP contribution in [0.3, 0.4) is 0 Å². The minimum absolute atomic E-state index is 0. The standard InChI is InChI=1S/C21H28N4O4.HI/c1-5-22-20(24-17-11-12-18(29-6-2)19(13-17)27-3)23-14-15-7-9-16(10-8-15)25-21(26)28-4;/h7-13H,5-6,14H2,1-4H3,(H,25,26)(H2,22,23,24);1H. The van der Waals surface area contributed by atoms with Crippen LogP contribution in [0.5, 0.6) is 11.5 Å². The van der Waals surface area contributed by atoms with E-state index in [1.54, 1.807) is 19.2 Å². The van der Waals surface area contributed by atoms with Crippen LogP contribution in [-0.4, -0.2) is 39.4 Å². The Morgan fingerprint density at radius 2 is 1.67 bits per heavy atom. The fourth-order valence-corrected chi connectivity index (χ4v) is 2.50. The van der Waals surface area contributed by atoms with Crippen molar-refractivity contribution in [3.8, 4) is 11.5 Å². The van der Waals surface area contributed by atoms with Crippen LogP contribution in [0.2, 0.25) is 0 Å². The molecule has 0 fully saturated rings. The summed E-state index contributed by atoms with van der Waals surface area (Å²) in [5.41, 5.74) is 2.50. The third kappa shape index (κ3) is 7.97. The van der Waals surface area contributed by atoms with Crippen molar-refractivity contribution < 1.29 is 19.0 Å². The number of benzene rings is 2. The Balaban J connectivity index is 0.00000450. The zero-order valence-electron chi connectivity index (χ0n) is 17.7. The Morgan fingerprint density at radius 1 is 0.967 bits per heavy atom. The minimum atomic E-state index is -0.500. The summed E-state index contributed by atoms with van der Waals surface area (Å²) in [5.74, 6) is 2.00. The van der Waals surface area contributed by atoms with E-state index in [0.717, 1.165) is 17.8 Å². The quantitative estimate of drug-likeness (QED) is 0.266. The van der Waals surface area contributed by atoms with Gasteiger partial charge < -0.3 is 24.8 Å². The molecule has 2 aromatic carbocycles. The molecule has 0 aliphatic rings. The first-order chi connectivity index (χ1) is 14.1. The number of aliphatic imine (C=N–C) groups is 1. The highest BCUT2D eigenvalue weighted by atomic mass is 127. The van der Waals surface area contributed by atoms with Gasteiger partial charge in [0.15, 0.2) is 17.5 Å². The van der Waals surface area contributed by atoms with Gasteiger partial charge in [0.1, 0.15) is 0 Å². The van der Waals surface area contributed by atoms with Crippen molar-refractivity contribution in [1.29, 1.82) is 0 Å². The van der Waals surface area contributed by atoms with Crippen LogP contribution in [0, 0.1) is 0 Å². The van der Waals surface area contributed by atoms with Gasteiger partial charge in [-0.1, -0.05) is 12.1 Å². The molecule has 164 valence electrons. The summed E-state index contributed by atoms with van der Waals surface area (Å²) < 4.78 is 15.5. The zero-order valence-corrected chi connectivity index (χ0v) is 20.0. The van der Waals surface area contributed by atoms with Gasteiger partial charge in [-0.05, 0) is 43.7 Å². The first-order valence-corrected chi connectivity index (χ1v) is 9.39. The Kier molecular flexibility index (Phi) is 11.4. The lowest BCUT2D eigenvalue weighted by molar-refractivity contribution is 0.187. The van der Waals surface area contributed by atoms with Gasteiger partial charge in [0.25, 0.3) is 0 Å². The topological polar surface area (TPSA) is 93.2 Å². The number of ether oxygens (including phenoxy) is 3. The van der Waals surface area contributed by atoms with Crippen molar-refractivity contribution in [2.75, 3.05) is 38.0 Å². The van der Waals surface area contributed by atoms with Crippen LogP contribution < -0.4 is 25.4 Å². The molecule has 2 rings (SSSR count). The summed E-state index contributed by atoms with van der Waals surface area (Å²) >= 11 is 0. The lowest BCUT2D eigenvalue weighted by Gasteiger charge is -2.14. The van der Waals surface area contributed by atoms with Crippen LogP contribution in [-0.2, 0) is 11.3 Å². The van der Waals surface area contributed by atoms with E-state index >= 15 is 0 Å². The Labute approximate surface area is 194 Å². The average Bonchev–Trinajstić information content (AvgIpc) is 2.74. The smallest absolute Gasteiger partial charge is 0.411 e. The van der Waals surface area contributed by atoms with Crippen molar-refractivity contribution in [2.45, 2.75) is 20.4 Å². The second kappa shape index (κ2) is 13.5. The largest absolute Gasteiger partial charge is 0.493 e. The molecule has 9 heteroatoms. The highest BCUT2D eigenvalue weighted by Gasteiger charge is 2.07. The van der Waals surface area contributed by atoms with Gasteiger partial charge in [0.05, 0.1) is 27.4 Å². The number of anilines is 2. The second-order valence-corrected chi connectivity index (χ2v) is 5.93. The van der Waals surface area contributed by atoms with Gasteiger partial charge >= 0.3 is 6.09 Å². The molecule has 0 saturated heterocycles. The summed E-state index contributed by atoms with van der Waals surface area (Å²) in [5, 5.41) is 9.10. The van der Waals surface area contributed by atoms with Crippen molar-refractivity contribution in [3.63, 3.8) is 0 Å². The summed E-state index contributed by atoms with van der Waals surface area (Å²) in [7, 11) is 2.94. The van der Waals surface area contributed by atoms with Gasteiger partial charge in [-0.2, -0.15) is 0 Å². The number of carbonyl (C=O) groups is 1. The van der Waals surface area contributed by atoms with E-state index in [-0.39, 0.29) is 24.0 Å². The summed E-state index contributed by atoms with van der Waals surface area (Å²) in [6.45, 7) is 5.70. The molecule has 0 radical (unpaired) electrons. The van der Waals surface area contributed by atoms with E-state index in [2.05, 4.69) is 25.7 Å². The number of amides is 1. The molecule has 2 aromatic rings. The van der Waals surface area contributed by atoms with Gasteiger partial charge in [0.2, 0.25) is 0 Å². The molecule has 0 aliphatic heterocycles. The number of hydrogen-bond donors (Lipinski definition) is 3. The highest BCUT2D eigenvalue weighted by Crippen LogP contribution is 2.30. The van der Waals surface area contributed by atoms with Crippen LogP contribution in [0.15, 0.2) is 47.5 Å². The van der Waals surface area contributed by atoms with Crippen LogP contribution in [0.25, 0.3) is 0 Å². The third-order valence-electron chi connectivity index (χ3n) is 3.88. The fourth-order valence-electron chi connectivity index (χ4n) is 2.50. The van der Waals surface area contributed by atoms with Crippen molar-refractivity contribution in [2.24, 2.45) is 4.99 Å². The molecule has 0 heterocycles. The number of guanidine groups is 1. The van der Waals surface area contributed by atoms with Crippen molar-refractivity contribution in [3.05, 3.63) is 48.0 Å². The van der Waals surface area contributed by atoms with E-state index in [1.807, 2.05) is 44.2 Å². The highest BCUT2D eigenvalue weighted by molar-refractivity contribution is 14.0. The first-order valence-electron chi connectivity index (χ1n) is 9.39. The normalized spacial score (nSPS) is 10.5. The number of rotatable bonds is 8. The molecular weight excluding hydrogens is 499 g/mol. The molecule has 3 N–H and O–H groups in total. The van der Waals surface area contributed by atoms with Gasteiger partial charge in [-0.15, -0.1) is 24.0 Å². The summed E-state index contributed by atoms with van der Waals surface area (Å²) in [6, 6.07) is 13.1. The first kappa shape index (κ1) is 25.3. The van der Waals surface area contributed by atoms with Gasteiger partial charge in [0, 0.05) is 24.0 Å². The minimum Gasteiger partial charge on any atom is -0.493 e. The Bertz CT molecular complexity index is 828. The van der Waals surface area contributed by atoms with Crippen LogP contribution in [0.1, 0.15) is 19.4 Å². The second-order valence-electron chi connectivity index (χ2n) is 5.93. The van der Waals surface area contributed by atoms with E-state index in [1.165, 1.54) is 7.11 Å². The van der Waals surface area contributed by atoms with E-state index in [0.29, 0.717) is 36.3 Å². The fraction of sp³-hybridized carbons (Fsp3) is 0.333. The molecule has 0 saturated carbocycles.